The fourth-order valence-electron chi connectivity index (χ4n) is 2.57. The molecule has 1 atom stereocenters. The topological polar surface area (TPSA) is 12.0 Å². The number of halogens is 2. The predicted molar refractivity (Wildman–Crippen MR) is 85.5 cm³/mol. The lowest BCUT2D eigenvalue weighted by atomic mass is 9.97. The summed E-state index contributed by atoms with van der Waals surface area (Å²) in [6.45, 7) is 6.70. The maximum absolute atomic E-state index is 14.1. The van der Waals surface area contributed by atoms with Crippen LogP contribution in [-0.2, 0) is 0 Å². The van der Waals surface area contributed by atoms with Crippen molar-refractivity contribution in [1.82, 2.24) is 5.32 Å². The molecule has 0 aliphatic heterocycles. The van der Waals surface area contributed by atoms with Gasteiger partial charge in [-0.3, -0.25) is 0 Å². The number of unbranched alkanes of at least 4 members (excludes halogenated alkanes) is 4. The predicted octanol–water partition coefficient (Wildman–Crippen LogP) is 5.67. The smallest absolute Gasteiger partial charge is 0.128 e. The molecule has 0 bridgehead atoms. The second-order valence-electron chi connectivity index (χ2n) is 5.83. The van der Waals surface area contributed by atoms with Gasteiger partial charge in [0.1, 0.15) is 11.6 Å². The monoisotopic (exact) mass is 297 g/mol. The van der Waals surface area contributed by atoms with Gasteiger partial charge >= 0.3 is 0 Å². The van der Waals surface area contributed by atoms with E-state index < -0.39 is 0 Å². The average molecular weight is 297 g/mol. The minimum absolute atomic E-state index is 0.0818. The van der Waals surface area contributed by atoms with E-state index in [1.807, 2.05) is 0 Å². The Morgan fingerprint density at radius 3 is 2.33 bits per heavy atom. The molecule has 0 saturated heterocycles. The van der Waals surface area contributed by atoms with Crippen LogP contribution in [0.25, 0.3) is 0 Å². The molecular weight excluding hydrogens is 268 g/mol. The van der Waals surface area contributed by atoms with Crippen molar-refractivity contribution in [2.45, 2.75) is 71.8 Å². The van der Waals surface area contributed by atoms with Gasteiger partial charge in [0.25, 0.3) is 0 Å². The summed E-state index contributed by atoms with van der Waals surface area (Å²) >= 11 is 0. The molecule has 0 saturated carbocycles. The molecule has 0 amide bonds. The van der Waals surface area contributed by atoms with E-state index in [9.17, 15) is 8.78 Å². The van der Waals surface area contributed by atoms with Gasteiger partial charge in [-0.1, -0.05) is 46.0 Å². The van der Waals surface area contributed by atoms with Crippen LogP contribution in [0.2, 0.25) is 0 Å². The Bertz CT molecular complexity index is 418. The van der Waals surface area contributed by atoms with E-state index >= 15 is 0 Å². The molecule has 21 heavy (non-hydrogen) atoms. The van der Waals surface area contributed by atoms with E-state index in [4.69, 9.17) is 0 Å². The van der Waals surface area contributed by atoms with Crippen LogP contribution in [0, 0.1) is 18.6 Å². The van der Waals surface area contributed by atoms with E-state index in [-0.39, 0.29) is 17.7 Å². The van der Waals surface area contributed by atoms with Crippen molar-refractivity contribution in [3.8, 4) is 0 Å². The SMILES string of the molecule is CCCCCCCC(NCCC)c1cc(F)c(C)cc1F. The first-order valence-electron chi connectivity index (χ1n) is 8.29. The van der Waals surface area contributed by atoms with Crippen molar-refractivity contribution < 1.29 is 8.78 Å². The molecule has 0 heterocycles. The largest absolute Gasteiger partial charge is 0.310 e. The zero-order chi connectivity index (χ0) is 15.7. The zero-order valence-electron chi connectivity index (χ0n) is 13.6. The second-order valence-corrected chi connectivity index (χ2v) is 5.83. The molecule has 0 spiro atoms. The van der Waals surface area contributed by atoms with E-state index in [0.29, 0.717) is 11.1 Å². The van der Waals surface area contributed by atoms with Crippen molar-refractivity contribution in [3.05, 3.63) is 34.9 Å². The number of hydrogen-bond acceptors (Lipinski definition) is 1. The third-order valence-electron chi connectivity index (χ3n) is 3.89. The molecule has 0 aliphatic rings. The Kier molecular flexibility index (Phi) is 8.51. The molecular formula is C18H29F2N. The molecule has 1 aromatic carbocycles. The van der Waals surface area contributed by atoms with Crippen molar-refractivity contribution in [3.63, 3.8) is 0 Å². The lowest BCUT2D eigenvalue weighted by Gasteiger charge is -2.20. The quantitative estimate of drug-likeness (QED) is 0.548. The minimum Gasteiger partial charge on any atom is -0.310 e. The van der Waals surface area contributed by atoms with Crippen molar-refractivity contribution in [2.75, 3.05) is 6.54 Å². The lowest BCUT2D eigenvalue weighted by Crippen LogP contribution is -2.23. The van der Waals surface area contributed by atoms with Gasteiger partial charge in [-0.25, -0.2) is 8.78 Å². The van der Waals surface area contributed by atoms with Gasteiger partial charge in [0, 0.05) is 11.6 Å². The van der Waals surface area contributed by atoms with Crippen LogP contribution in [-0.4, -0.2) is 6.54 Å². The van der Waals surface area contributed by atoms with E-state index in [1.54, 1.807) is 6.92 Å². The Balaban J connectivity index is 2.70. The van der Waals surface area contributed by atoms with Gasteiger partial charge in [-0.15, -0.1) is 0 Å². The standard InChI is InChI=1S/C18H29F2N/c1-4-6-7-8-9-10-18(21-11-5-2)15-13-16(19)14(3)12-17(15)20/h12-13,18,21H,4-11H2,1-3H3. The Labute approximate surface area is 128 Å². The fraction of sp³-hybridized carbons (Fsp3) is 0.667. The highest BCUT2D eigenvalue weighted by Crippen LogP contribution is 2.25. The highest BCUT2D eigenvalue weighted by Gasteiger charge is 2.17. The highest BCUT2D eigenvalue weighted by atomic mass is 19.1. The molecule has 0 fully saturated rings. The summed E-state index contributed by atoms with van der Waals surface area (Å²) in [5.41, 5.74) is 0.843. The first-order valence-corrected chi connectivity index (χ1v) is 8.29. The number of rotatable bonds is 10. The zero-order valence-corrected chi connectivity index (χ0v) is 13.6. The Hall–Kier alpha value is -0.960. The summed E-state index contributed by atoms with van der Waals surface area (Å²) in [5, 5.41) is 3.36. The van der Waals surface area contributed by atoms with Crippen LogP contribution in [0.15, 0.2) is 12.1 Å². The molecule has 3 heteroatoms. The molecule has 1 N–H and O–H groups in total. The third-order valence-corrected chi connectivity index (χ3v) is 3.89. The van der Waals surface area contributed by atoms with Gasteiger partial charge in [0.05, 0.1) is 0 Å². The normalized spacial score (nSPS) is 12.6. The van der Waals surface area contributed by atoms with E-state index in [0.717, 1.165) is 32.2 Å². The molecule has 0 radical (unpaired) electrons. The van der Waals surface area contributed by atoms with Gasteiger partial charge in [0.15, 0.2) is 0 Å². The van der Waals surface area contributed by atoms with Crippen molar-refractivity contribution in [2.24, 2.45) is 0 Å². The van der Waals surface area contributed by atoms with Crippen LogP contribution < -0.4 is 5.32 Å². The van der Waals surface area contributed by atoms with Gasteiger partial charge < -0.3 is 5.32 Å². The summed E-state index contributed by atoms with van der Waals surface area (Å²) < 4.78 is 27.9. The van der Waals surface area contributed by atoms with Gasteiger partial charge in [-0.05, 0) is 44.0 Å². The van der Waals surface area contributed by atoms with Gasteiger partial charge in [0.2, 0.25) is 0 Å². The fourth-order valence-corrected chi connectivity index (χ4v) is 2.57. The van der Waals surface area contributed by atoms with E-state index in [1.165, 1.54) is 31.4 Å². The summed E-state index contributed by atoms with van der Waals surface area (Å²) in [4.78, 5) is 0. The van der Waals surface area contributed by atoms with Crippen molar-refractivity contribution in [1.29, 1.82) is 0 Å². The first kappa shape index (κ1) is 18.1. The van der Waals surface area contributed by atoms with Crippen molar-refractivity contribution >= 4 is 0 Å². The molecule has 0 aromatic heterocycles. The highest BCUT2D eigenvalue weighted by molar-refractivity contribution is 5.27. The van der Waals surface area contributed by atoms with Crippen LogP contribution in [0.4, 0.5) is 8.78 Å². The maximum Gasteiger partial charge on any atom is 0.128 e. The minimum atomic E-state index is -0.319. The summed E-state index contributed by atoms with van der Waals surface area (Å²) in [6, 6.07) is 2.59. The summed E-state index contributed by atoms with van der Waals surface area (Å²) in [5.74, 6) is -0.614. The second kappa shape index (κ2) is 9.88. The summed E-state index contributed by atoms with van der Waals surface area (Å²) in [7, 11) is 0. The van der Waals surface area contributed by atoms with Crippen LogP contribution in [0.3, 0.4) is 0 Å². The Morgan fingerprint density at radius 1 is 0.952 bits per heavy atom. The third kappa shape index (κ3) is 6.13. The number of nitrogens with one attached hydrogen (secondary N) is 1. The van der Waals surface area contributed by atoms with Crippen LogP contribution >= 0.6 is 0 Å². The average Bonchev–Trinajstić information content (AvgIpc) is 2.46. The number of benzene rings is 1. The molecule has 1 rings (SSSR count). The molecule has 1 nitrogen and oxygen atoms in total. The number of hydrogen-bond donors (Lipinski definition) is 1. The summed E-state index contributed by atoms with van der Waals surface area (Å²) in [6.07, 6.45) is 7.76. The lowest BCUT2D eigenvalue weighted by molar-refractivity contribution is 0.446. The van der Waals surface area contributed by atoms with Crippen LogP contribution in [0.1, 0.15) is 76.0 Å². The molecule has 1 unspecified atom stereocenters. The molecule has 0 aliphatic carbocycles. The first-order chi connectivity index (χ1) is 10.1. The maximum atomic E-state index is 14.1. The molecule has 120 valence electrons. The number of aryl methyl sites for hydroxylation is 1. The molecule has 1 aromatic rings. The Morgan fingerprint density at radius 2 is 1.67 bits per heavy atom. The van der Waals surface area contributed by atoms with Crippen LogP contribution in [0.5, 0.6) is 0 Å². The van der Waals surface area contributed by atoms with E-state index in [2.05, 4.69) is 19.2 Å². The van der Waals surface area contributed by atoms with Gasteiger partial charge in [-0.2, -0.15) is 0 Å².